The van der Waals surface area contributed by atoms with Gasteiger partial charge in [0.25, 0.3) is 0 Å². The van der Waals surface area contributed by atoms with Crippen LogP contribution in [0.2, 0.25) is 0 Å². The lowest BCUT2D eigenvalue weighted by Gasteiger charge is -2.22. The van der Waals surface area contributed by atoms with Crippen LogP contribution in [0.4, 0.5) is 5.69 Å². The third kappa shape index (κ3) is 2.83. The van der Waals surface area contributed by atoms with E-state index in [1.807, 2.05) is 0 Å². The lowest BCUT2D eigenvalue weighted by Crippen LogP contribution is -2.29. The van der Waals surface area contributed by atoms with Crippen LogP contribution in [-0.4, -0.2) is 30.6 Å². The summed E-state index contributed by atoms with van der Waals surface area (Å²) in [4.78, 5) is 2.54. The topological polar surface area (TPSA) is 15.3 Å². The van der Waals surface area contributed by atoms with Crippen LogP contribution in [0.25, 0.3) is 0 Å². The summed E-state index contributed by atoms with van der Waals surface area (Å²) in [6.45, 7) is 3.49. The van der Waals surface area contributed by atoms with Gasteiger partial charge in [0.2, 0.25) is 0 Å². The summed E-state index contributed by atoms with van der Waals surface area (Å²) in [7, 11) is 0. The molecule has 2 aliphatic rings. The predicted molar refractivity (Wildman–Crippen MR) is 80.5 cm³/mol. The lowest BCUT2D eigenvalue weighted by atomic mass is 10.1. The van der Waals surface area contributed by atoms with Crippen LogP contribution in [0.1, 0.15) is 24.8 Å². The lowest BCUT2D eigenvalue weighted by molar-refractivity contribution is 0.557. The van der Waals surface area contributed by atoms with Crippen molar-refractivity contribution in [2.24, 2.45) is 0 Å². The third-order valence-electron chi connectivity index (χ3n) is 3.95. The Kier molecular flexibility index (Phi) is 4.11. The summed E-state index contributed by atoms with van der Waals surface area (Å²) in [6.07, 6.45) is 4.03. The monoisotopic (exact) mass is 262 g/mol. The largest absolute Gasteiger partial charge is 0.371 e. The Morgan fingerprint density at radius 2 is 2.06 bits per heavy atom. The van der Waals surface area contributed by atoms with Crippen LogP contribution in [0.3, 0.4) is 0 Å². The molecule has 2 fully saturated rings. The summed E-state index contributed by atoms with van der Waals surface area (Å²) in [5.41, 5.74) is 2.92. The number of para-hydroxylation sites is 1. The zero-order valence-corrected chi connectivity index (χ0v) is 11.7. The quantitative estimate of drug-likeness (QED) is 0.898. The molecule has 1 aromatic rings. The van der Waals surface area contributed by atoms with Gasteiger partial charge in [-0.1, -0.05) is 18.2 Å². The summed E-state index contributed by atoms with van der Waals surface area (Å²) >= 11 is 2.07. The number of rotatable bonds is 4. The second-order valence-electron chi connectivity index (χ2n) is 5.26. The molecule has 0 aromatic heterocycles. The van der Waals surface area contributed by atoms with Crippen LogP contribution in [0.15, 0.2) is 24.3 Å². The van der Waals surface area contributed by atoms with Crippen molar-refractivity contribution in [1.82, 2.24) is 5.32 Å². The van der Waals surface area contributed by atoms with Crippen molar-refractivity contribution in [2.45, 2.75) is 31.8 Å². The Hall–Kier alpha value is -0.670. The van der Waals surface area contributed by atoms with Crippen molar-refractivity contribution in [3.8, 4) is 0 Å². The van der Waals surface area contributed by atoms with E-state index in [0.717, 1.165) is 12.6 Å². The maximum atomic E-state index is 3.71. The van der Waals surface area contributed by atoms with Gasteiger partial charge in [-0.3, -0.25) is 0 Å². The van der Waals surface area contributed by atoms with Gasteiger partial charge in [0.05, 0.1) is 0 Å². The van der Waals surface area contributed by atoms with Gasteiger partial charge in [-0.2, -0.15) is 11.8 Å². The highest BCUT2D eigenvalue weighted by molar-refractivity contribution is 7.99. The first kappa shape index (κ1) is 12.4. The Labute approximate surface area is 114 Å². The fraction of sp³-hybridized carbons (Fsp3) is 0.600. The van der Waals surface area contributed by atoms with E-state index in [4.69, 9.17) is 0 Å². The molecule has 2 nitrogen and oxygen atoms in total. The Morgan fingerprint density at radius 3 is 2.83 bits per heavy atom. The normalized spacial score (nSPS) is 23.8. The highest BCUT2D eigenvalue weighted by Gasteiger charge is 2.17. The second-order valence-corrected chi connectivity index (χ2v) is 6.41. The molecule has 2 heterocycles. The van der Waals surface area contributed by atoms with Gasteiger partial charge in [0.15, 0.2) is 0 Å². The molecule has 0 amide bonds. The van der Waals surface area contributed by atoms with Gasteiger partial charge in [-0.05, 0) is 36.6 Å². The Bertz CT molecular complexity index is 382. The number of hydrogen-bond donors (Lipinski definition) is 1. The molecule has 0 radical (unpaired) electrons. The number of nitrogens with zero attached hydrogens (tertiary/aromatic N) is 1. The molecular weight excluding hydrogens is 240 g/mol. The number of benzene rings is 1. The fourth-order valence-corrected chi connectivity index (χ4v) is 4.06. The summed E-state index contributed by atoms with van der Waals surface area (Å²) in [5.74, 6) is 2.61. The minimum absolute atomic E-state index is 0.724. The van der Waals surface area contributed by atoms with Gasteiger partial charge in [-0.25, -0.2) is 0 Å². The minimum Gasteiger partial charge on any atom is -0.371 e. The zero-order chi connectivity index (χ0) is 12.2. The van der Waals surface area contributed by atoms with Crippen molar-refractivity contribution in [3.05, 3.63) is 29.8 Å². The van der Waals surface area contributed by atoms with E-state index >= 15 is 0 Å². The van der Waals surface area contributed by atoms with Crippen molar-refractivity contribution >= 4 is 17.4 Å². The van der Waals surface area contributed by atoms with Crippen molar-refractivity contribution in [3.63, 3.8) is 0 Å². The van der Waals surface area contributed by atoms with E-state index in [1.165, 1.54) is 55.1 Å². The van der Waals surface area contributed by atoms with Crippen LogP contribution in [0.5, 0.6) is 0 Å². The van der Waals surface area contributed by atoms with Gasteiger partial charge in [-0.15, -0.1) is 0 Å². The molecule has 1 N–H and O–H groups in total. The fourth-order valence-electron chi connectivity index (χ4n) is 2.88. The third-order valence-corrected chi connectivity index (χ3v) is 5.11. The number of hydrogen-bond acceptors (Lipinski definition) is 3. The molecule has 98 valence electrons. The average molecular weight is 262 g/mol. The molecule has 1 atom stereocenters. The molecule has 0 spiro atoms. The van der Waals surface area contributed by atoms with Crippen LogP contribution in [-0.2, 0) is 6.54 Å². The van der Waals surface area contributed by atoms with E-state index in [-0.39, 0.29) is 0 Å². The Balaban J connectivity index is 1.66. The van der Waals surface area contributed by atoms with E-state index in [0.29, 0.717) is 0 Å². The SMILES string of the molecule is c1ccc(N2CCCC2)c(CNC2CCSC2)c1. The van der Waals surface area contributed by atoms with Crippen LogP contribution in [0, 0.1) is 0 Å². The smallest absolute Gasteiger partial charge is 0.0411 e. The van der Waals surface area contributed by atoms with E-state index in [2.05, 4.69) is 46.2 Å². The maximum absolute atomic E-state index is 3.71. The highest BCUT2D eigenvalue weighted by atomic mass is 32.2. The second kappa shape index (κ2) is 5.98. The van der Waals surface area contributed by atoms with Gasteiger partial charge in [0.1, 0.15) is 0 Å². The molecule has 1 unspecified atom stereocenters. The molecule has 0 aliphatic carbocycles. The first-order chi connectivity index (χ1) is 8.93. The number of anilines is 1. The molecular formula is C15H22N2S. The maximum Gasteiger partial charge on any atom is 0.0411 e. The van der Waals surface area contributed by atoms with Gasteiger partial charge in [0, 0.05) is 37.1 Å². The molecule has 2 saturated heterocycles. The van der Waals surface area contributed by atoms with E-state index < -0.39 is 0 Å². The molecule has 18 heavy (non-hydrogen) atoms. The minimum atomic E-state index is 0.724. The average Bonchev–Trinajstić information content (AvgIpc) is 3.10. The number of nitrogens with one attached hydrogen (secondary N) is 1. The van der Waals surface area contributed by atoms with E-state index in [1.54, 1.807) is 0 Å². The summed E-state index contributed by atoms with van der Waals surface area (Å²) in [6, 6.07) is 9.62. The summed E-state index contributed by atoms with van der Waals surface area (Å²) < 4.78 is 0. The molecule has 3 heteroatoms. The highest BCUT2D eigenvalue weighted by Crippen LogP contribution is 2.25. The Morgan fingerprint density at radius 1 is 1.22 bits per heavy atom. The van der Waals surface area contributed by atoms with Crippen molar-refractivity contribution in [1.29, 1.82) is 0 Å². The molecule has 0 saturated carbocycles. The summed E-state index contributed by atoms with van der Waals surface area (Å²) in [5, 5.41) is 3.71. The van der Waals surface area contributed by atoms with Crippen LogP contribution < -0.4 is 10.2 Å². The van der Waals surface area contributed by atoms with Gasteiger partial charge >= 0.3 is 0 Å². The van der Waals surface area contributed by atoms with Crippen molar-refractivity contribution < 1.29 is 0 Å². The van der Waals surface area contributed by atoms with E-state index in [9.17, 15) is 0 Å². The molecule has 0 bridgehead atoms. The standard InChI is InChI=1S/C15H22N2S/c1-2-6-15(17-8-3-4-9-17)13(5-1)11-16-14-7-10-18-12-14/h1-2,5-6,14,16H,3-4,7-12H2. The number of thioether (sulfide) groups is 1. The molecule has 1 aromatic carbocycles. The molecule has 3 rings (SSSR count). The zero-order valence-electron chi connectivity index (χ0n) is 10.9. The van der Waals surface area contributed by atoms with Crippen LogP contribution >= 0.6 is 11.8 Å². The predicted octanol–water partition coefficient (Wildman–Crippen LogP) is 2.88. The first-order valence-corrected chi connectivity index (χ1v) is 8.23. The first-order valence-electron chi connectivity index (χ1n) is 7.07. The van der Waals surface area contributed by atoms with Gasteiger partial charge < -0.3 is 10.2 Å². The van der Waals surface area contributed by atoms with Crippen molar-refractivity contribution in [2.75, 3.05) is 29.5 Å². The molecule has 2 aliphatic heterocycles.